The first-order chi connectivity index (χ1) is 9.02. The molecule has 5 heteroatoms. The number of carbonyl (C=O) groups is 2. The molecule has 19 heavy (non-hydrogen) atoms. The van der Waals surface area contributed by atoms with Gasteiger partial charge < -0.3 is 9.64 Å². The lowest BCUT2D eigenvalue weighted by atomic mass is 10.1. The van der Waals surface area contributed by atoms with Gasteiger partial charge in [0, 0.05) is 13.1 Å². The normalized spacial score (nSPS) is 18.5. The Morgan fingerprint density at radius 3 is 2.79 bits per heavy atom. The van der Waals surface area contributed by atoms with Crippen LogP contribution in [0.2, 0.25) is 5.02 Å². The summed E-state index contributed by atoms with van der Waals surface area (Å²) in [6, 6.07) is 5.35. The zero-order valence-electron chi connectivity index (χ0n) is 11.0. The Bertz CT molecular complexity index is 515. The first-order valence-corrected chi connectivity index (χ1v) is 6.54. The lowest BCUT2D eigenvalue weighted by molar-refractivity contribution is -0.144. The number of amides is 1. The van der Waals surface area contributed by atoms with E-state index in [9.17, 15) is 9.59 Å². The number of ether oxygens (including phenoxy) is 1. The average Bonchev–Trinajstić information content (AvgIpc) is 2.86. The lowest BCUT2D eigenvalue weighted by Gasteiger charge is -2.17. The molecule has 1 unspecified atom stereocenters. The Hall–Kier alpha value is -1.55. The van der Waals surface area contributed by atoms with Crippen molar-refractivity contribution in [2.45, 2.75) is 13.3 Å². The van der Waals surface area contributed by atoms with E-state index in [0.29, 0.717) is 30.1 Å². The van der Waals surface area contributed by atoms with Crippen LogP contribution in [0.4, 0.5) is 0 Å². The van der Waals surface area contributed by atoms with Crippen molar-refractivity contribution in [1.82, 2.24) is 4.90 Å². The summed E-state index contributed by atoms with van der Waals surface area (Å²) in [5, 5.41) is 0.450. The number of nitrogens with zero attached hydrogens (tertiary/aromatic N) is 1. The Balaban J connectivity index is 2.11. The van der Waals surface area contributed by atoms with Gasteiger partial charge >= 0.3 is 5.97 Å². The van der Waals surface area contributed by atoms with Crippen LogP contribution in [0, 0.1) is 12.8 Å². The predicted octanol–water partition coefficient (Wildman–Crippen LogP) is 2.28. The average molecular weight is 282 g/mol. The summed E-state index contributed by atoms with van der Waals surface area (Å²) in [5.41, 5.74) is 1.49. The summed E-state index contributed by atoms with van der Waals surface area (Å²) in [6.45, 7) is 2.88. The van der Waals surface area contributed by atoms with Gasteiger partial charge in [-0.05, 0) is 31.0 Å². The highest BCUT2D eigenvalue weighted by Crippen LogP contribution is 2.24. The third kappa shape index (κ3) is 2.89. The number of esters is 1. The Morgan fingerprint density at radius 1 is 1.42 bits per heavy atom. The van der Waals surface area contributed by atoms with Crippen LogP contribution in [-0.2, 0) is 9.53 Å². The second-order valence-corrected chi connectivity index (χ2v) is 5.15. The maximum atomic E-state index is 12.3. The summed E-state index contributed by atoms with van der Waals surface area (Å²) in [4.78, 5) is 25.4. The van der Waals surface area contributed by atoms with Gasteiger partial charge in [0.1, 0.15) is 0 Å². The Morgan fingerprint density at radius 2 is 2.16 bits per heavy atom. The van der Waals surface area contributed by atoms with Gasteiger partial charge in [0.15, 0.2) is 0 Å². The SMILES string of the molecule is COC(=O)C1CCN(C(=O)c2ccc(C)cc2Cl)C1. The number of hydrogen-bond acceptors (Lipinski definition) is 3. The van der Waals surface area contributed by atoms with Crippen LogP contribution in [0.5, 0.6) is 0 Å². The molecule has 1 aromatic carbocycles. The van der Waals surface area contributed by atoms with Crippen LogP contribution in [0.1, 0.15) is 22.3 Å². The minimum Gasteiger partial charge on any atom is -0.469 e. The molecule has 1 aliphatic rings. The molecular formula is C14H16ClNO3. The molecule has 1 amide bonds. The zero-order chi connectivity index (χ0) is 14.0. The molecule has 2 rings (SSSR count). The second kappa shape index (κ2) is 5.61. The molecule has 1 atom stereocenters. The smallest absolute Gasteiger partial charge is 0.310 e. The molecule has 1 heterocycles. The van der Waals surface area contributed by atoms with E-state index >= 15 is 0 Å². The highest BCUT2D eigenvalue weighted by atomic mass is 35.5. The van der Waals surface area contributed by atoms with Crippen molar-refractivity contribution >= 4 is 23.5 Å². The molecule has 0 radical (unpaired) electrons. The molecule has 0 N–H and O–H groups in total. The van der Waals surface area contributed by atoms with Crippen molar-refractivity contribution in [2.24, 2.45) is 5.92 Å². The number of carbonyl (C=O) groups excluding carboxylic acids is 2. The van der Waals surface area contributed by atoms with Gasteiger partial charge in [0.05, 0.1) is 23.6 Å². The van der Waals surface area contributed by atoms with Crippen LogP contribution in [0.3, 0.4) is 0 Å². The van der Waals surface area contributed by atoms with Gasteiger partial charge in [-0.3, -0.25) is 9.59 Å². The third-order valence-electron chi connectivity index (χ3n) is 3.36. The summed E-state index contributed by atoms with van der Waals surface area (Å²) in [5.74, 6) is -0.611. The van der Waals surface area contributed by atoms with E-state index in [0.717, 1.165) is 5.56 Å². The van der Waals surface area contributed by atoms with E-state index in [2.05, 4.69) is 0 Å². The van der Waals surface area contributed by atoms with Gasteiger partial charge in [-0.1, -0.05) is 17.7 Å². The molecule has 0 aromatic heterocycles. The molecule has 102 valence electrons. The fourth-order valence-electron chi connectivity index (χ4n) is 2.27. The maximum absolute atomic E-state index is 12.3. The molecule has 0 spiro atoms. The first kappa shape index (κ1) is 13.9. The number of hydrogen-bond donors (Lipinski definition) is 0. The largest absolute Gasteiger partial charge is 0.469 e. The maximum Gasteiger partial charge on any atom is 0.310 e. The number of benzene rings is 1. The number of aryl methyl sites for hydroxylation is 1. The first-order valence-electron chi connectivity index (χ1n) is 6.16. The van der Waals surface area contributed by atoms with E-state index in [1.165, 1.54) is 7.11 Å². The third-order valence-corrected chi connectivity index (χ3v) is 3.68. The molecule has 0 saturated carbocycles. The summed E-state index contributed by atoms with van der Waals surface area (Å²) < 4.78 is 4.70. The fourth-order valence-corrected chi connectivity index (χ4v) is 2.58. The van der Waals surface area contributed by atoms with Gasteiger partial charge in [-0.2, -0.15) is 0 Å². The van der Waals surface area contributed by atoms with Crippen LogP contribution < -0.4 is 0 Å². The molecule has 1 aliphatic heterocycles. The van der Waals surface area contributed by atoms with Crippen molar-refractivity contribution in [3.63, 3.8) is 0 Å². The van der Waals surface area contributed by atoms with E-state index in [1.54, 1.807) is 17.0 Å². The van der Waals surface area contributed by atoms with E-state index in [-0.39, 0.29) is 17.8 Å². The molecule has 1 aromatic rings. The molecule has 0 aliphatic carbocycles. The van der Waals surface area contributed by atoms with Crippen LogP contribution in [0.15, 0.2) is 18.2 Å². The van der Waals surface area contributed by atoms with E-state index < -0.39 is 0 Å². The van der Waals surface area contributed by atoms with Crippen molar-refractivity contribution in [2.75, 3.05) is 20.2 Å². The summed E-state index contributed by atoms with van der Waals surface area (Å²) in [6.07, 6.45) is 0.641. The van der Waals surface area contributed by atoms with Gasteiger partial charge in [-0.15, -0.1) is 0 Å². The lowest BCUT2D eigenvalue weighted by Crippen LogP contribution is -2.30. The van der Waals surface area contributed by atoms with Crippen molar-refractivity contribution in [1.29, 1.82) is 0 Å². The monoisotopic (exact) mass is 281 g/mol. The van der Waals surface area contributed by atoms with E-state index in [1.807, 2.05) is 13.0 Å². The zero-order valence-corrected chi connectivity index (χ0v) is 11.7. The minimum absolute atomic E-state index is 0.128. The number of halogens is 1. The van der Waals surface area contributed by atoms with Gasteiger partial charge in [0.25, 0.3) is 5.91 Å². The summed E-state index contributed by atoms with van der Waals surface area (Å²) in [7, 11) is 1.36. The van der Waals surface area contributed by atoms with E-state index in [4.69, 9.17) is 16.3 Å². The standard InChI is InChI=1S/C14H16ClNO3/c1-9-3-4-11(12(15)7-9)13(17)16-6-5-10(8-16)14(18)19-2/h3-4,7,10H,5-6,8H2,1-2H3. The molecule has 1 fully saturated rings. The van der Waals surface area contributed by atoms with Crippen molar-refractivity contribution in [3.8, 4) is 0 Å². The number of methoxy groups -OCH3 is 1. The van der Waals surface area contributed by atoms with Crippen molar-refractivity contribution in [3.05, 3.63) is 34.3 Å². The van der Waals surface area contributed by atoms with Crippen molar-refractivity contribution < 1.29 is 14.3 Å². The summed E-state index contributed by atoms with van der Waals surface area (Å²) >= 11 is 6.09. The van der Waals surface area contributed by atoms with Crippen LogP contribution >= 0.6 is 11.6 Å². The van der Waals surface area contributed by atoms with Gasteiger partial charge in [0.2, 0.25) is 0 Å². The molecule has 1 saturated heterocycles. The second-order valence-electron chi connectivity index (χ2n) is 4.74. The fraction of sp³-hybridized carbons (Fsp3) is 0.429. The molecular weight excluding hydrogens is 266 g/mol. The highest BCUT2D eigenvalue weighted by molar-refractivity contribution is 6.33. The number of likely N-dealkylation sites (tertiary alicyclic amines) is 1. The minimum atomic E-state index is -0.259. The van der Waals surface area contributed by atoms with Crippen LogP contribution in [-0.4, -0.2) is 37.0 Å². The Labute approximate surface area is 117 Å². The highest BCUT2D eigenvalue weighted by Gasteiger charge is 2.32. The van der Waals surface area contributed by atoms with Gasteiger partial charge in [-0.25, -0.2) is 0 Å². The predicted molar refractivity (Wildman–Crippen MR) is 72.2 cm³/mol. The Kier molecular flexibility index (Phi) is 4.10. The van der Waals surface area contributed by atoms with Crippen LogP contribution in [0.25, 0.3) is 0 Å². The topological polar surface area (TPSA) is 46.6 Å². The molecule has 4 nitrogen and oxygen atoms in total. The quantitative estimate of drug-likeness (QED) is 0.782. The molecule has 0 bridgehead atoms. The number of rotatable bonds is 2.